The highest BCUT2D eigenvalue weighted by molar-refractivity contribution is 5.93. The zero-order valence-corrected chi connectivity index (χ0v) is 16.6. The number of piperidine rings is 1. The molecule has 4 rings (SSSR count). The molecule has 1 atom stereocenters. The first kappa shape index (κ1) is 18.7. The van der Waals surface area contributed by atoms with Crippen molar-refractivity contribution in [1.29, 1.82) is 0 Å². The molecule has 1 saturated heterocycles. The monoisotopic (exact) mass is 380 g/mol. The third kappa shape index (κ3) is 4.09. The topological polar surface area (TPSA) is 68.0 Å². The largest absolute Gasteiger partial charge is 0.330 e. The van der Waals surface area contributed by atoms with Crippen molar-refractivity contribution in [1.82, 2.24) is 24.2 Å². The zero-order chi connectivity index (χ0) is 19.5. The highest BCUT2D eigenvalue weighted by atomic mass is 16.1. The smallest absolute Gasteiger partial charge is 0.226 e. The molecule has 0 bridgehead atoms. The first-order chi connectivity index (χ1) is 13.6. The number of likely N-dealkylation sites (tertiary alicyclic amines) is 1. The first-order valence-electron chi connectivity index (χ1n) is 10.1. The maximum absolute atomic E-state index is 12.4. The van der Waals surface area contributed by atoms with Crippen LogP contribution in [-0.2, 0) is 18.4 Å². The Morgan fingerprint density at radius 1 is 1.25 bits per heavy atom. The summed E-state index contributed by atoms with van der Waals surface area (Å²) < 4.78 is 3.96. The lowest BCUT2D eigenvalue weighted by Crippen LogP contribution is -2.30. The van der Waals surface area contributed by atoms with Gasteiger partial charge in [0.15, 0.2) is 0 Å². The van der Waals surface area contributed by atoms with Crippen LogP contribution in [0.2, 0.25) is 0 Å². The SMILES string of the molecule is CC(CC(=O)Nc1ccc2c(c1)nc(CN1CCCCC1)n2C)n1cccn1. The van der Waals surface area contributed by atoms with Gasteiger partial charge in [-0.15, -0.1) is 0 Å². The van der Waals surface area contributed by atoms with Crippen LogP contribution >= 0.6 is 0 Å². The van der Waals surface area contributed by atoms with Crippen molar-refractivity contribution in [3.8, 4) is 0 Å². The van der Waals surface area contributed by atoms with E-state index in [-0.39, 0.29) is 11.9 Å². The van der Waals surface area contributed by atoms with E-state index < -0.39 is 0 Å². The molecule has 3 aromatic rings. The van der Waals surface area contributed by atoms with Crippen molar-refractivity contribution in [2.75, 3.05) is 18.4 Å². The number of aryl methyl sites for hydroxylation is 1. The first-order valence-corrected chi connectivity index (χ1v) is 10.1. The van der Waals surface area contributed by atoms with Crippen LogP contribution in [0, 0.1) is 0 Å². The number of carbonyl (C=O) groups excluding carboxylic acids is 1. The van der Waals surface area contributed by atoms with Gasteiger partial charge in [0.1, 0.15) is 5.82 Å². The standard InChI is InChI=1S/C21H28N6O/c1-16(27-12-6-9-22-27)13-21(28)23-17-7-8-19-18(14-17)24-20(25(19)2)15-26-10-4-3-5-11-26/h6-9,12,14,16H,3-5,10-11,13,15H2,1-2H3,(H,23,28). The number of benzene rings is 1. The van der Waals surface area contributed by atoms with Gasteiger partial charge in [-0.05, 0) is 57.1 Å². The summed E-state index contributed by atoms with van der Waals surface area (Å²) in [5.74, 6) is 1.06. The van der Waals surface area contributed by atoms with E-state index in [9.17, 15) is 4.79 Å². The van der Waals surface area contributed by atoms with Crippen molar-refractivity contribution in [3.63, 3.8) is 0 Å². The van der Waals surface area contributed by atoms with Crippen LogP contribution in [-0.4, -0.2) is 43.2 Å². The normalized spacial score (nSPS) is 16.4. The van der Waals surface area contributed by atoms with Gasteiger partial charge in [0.25, 0.3) is 0 Å². The van der Waals surface area contributed by atoms with Gasteiger partial charge in [-0.1, -0.05) is 6.42 Å². The van der Waals surface area contributed by atoms with Crippen molar-refractivity contribution in [2.24, 2.45) is 7.05 Å². The van der Waals surface area contributed by atoms with E-state index in [1.165, 1.54) is 19.3 Å². The van der Waals surface area contributed by atoms with E-state index in [4.69, 9.17) is 4.98 Å². The Morgan fingerprint density at radius 2 is 2.07 bits per heavy atom. The van der Waals surface area contributed by atoms with Crippen LogP contribution in [0.1, 0.15) is 44.5 Å². The molecule has 2 aromatic heterocycles. The quantitative estimate of drug-likeness (QED) is 0.712. The summed E-state index contributed by atoms with van der Waals surface area (Å²) >= 11 is 0. The highest BCUT2D eigenvalue weighted by Gasteiger charge is 2.16. The van der Waals surface area contributed by atoms with Crippen molar-refractivity contribution >= 4 is 22.6 Å². The number of imidazole rings is 1. The number of fused-ring (bicyclic) bond motifs is 1. The lowest BCUT2D eigenvalue weighted by Gasteiger charge is -2.25. The predicted octanol–water partition coefficient (Wildman–Crippen LogP) is 3.35. The lowest BCUT2D eigenvalue weighted by atomic mass is 10.1. The Labute approximate surface area is 165 Å². The van der Waals surface area contributed by atoms with Gasteiger partial charge in [-0.2, -0.15) is 5.10 Å². The number of rotatable bonds is 6. The van der Waals surface area contributed by atoms with E-state index in [0.717, 1.165) is 42.2 Å². The average Bonchev–Trinajstić information content (AvgIpc) is 3.32. The molecule has 0 radical (unpaired) electrons. The summed E-state index contributed by atoms with van der Waals surface area (Å²) in [7, 11) is 2.07. The molecule has 1 amide bonds. The van der Waals surface area contributed by atoms with Gasteiger partial charge < -0.3 is 9.88 Å². The van der Waals surface area contributed by atoms with Crippen LogP contribution in [0.3, 0.4) is 0 Å². The van der Waals surface area contributed by atoms with Crippen LogP contribution in [0.4, 0.5) is 5.69 Å². The second-order valence-electron chi connectivity index (χ2n) is 7.71. The van der Waals surface area contributed by atoms with E-state index in [1.54, 1.807) is 10.9 Å². The van der Waals surface area contributed by atoms with Gasteiger partial charge in [-0.25, -0.2) is 4.98 Å². The minimum Gasteiger partial charge on any atom is -0.330 e. The van der Waals surface area contributed by atoms with Gasteiger partial charge in [0.05, 0.1) is 23.6 Å². The van der Waals surface area contributed by atoms with E-state index in [2.05, 4.69) is 26.9 Å². The van der Waals surface area contributed by atoms with Crippen LogP contribution in [0.25, 0.3) is 11.0 Å². The fourth-order valence-corrected chi connectivity index (χ4v) is 3.90. The molecule has 28 heavy (non-hydrogen) atoms. The Kier molecular flexibility index (Phi) is 5.43. The molecule has 3 heterocycles. The van der Waals surface area contributed by atoms with E-state index >= 15 is 0 Å². The molecule has 0 saturated carbocycles. The van der Waals surface area contributed by atoms with Crippen LogP contribution in [0.5, 0.6) is 0 Å². The van der Waals surface area contributed by atoms with E-state index in [0.29, 0.717) is 6.42 Å². The summed E-state index contributed by atoms with van der Waals surface area (Å²) in [6, 6.07) is 7.83. The Bertz CT molecular complexity index is 939. The second-order valence-corrected chi connectivity index (χ2v) is 7.71. The Hall–Kier alpha value is -2.67. The van der Waals surface area contributed by atoms with Crippen molar-refractivity contribution in [2.45, 2.75) is 45.2 Å². The number of amides is 1. The molecule has 1 N–H and O–H groups in total. The van der Waals surface area contributed by atoms with Crippen LogP contribution in [0.15, 0.2) is 36.7 Å². The summed E-state index contributed by atoms with van der Waals surface area (Å²) in [4.78, 5) is 19.7. The van der Waals surface area contributed by atoms with Gasteiger partial charge in [-0.3, -0.25) is 14.4 Å². The molecule has 148 valence electrons. The molecular formula is C21H28N6O. The molecule has 7 heteroatoms. The third-order valence-electron chi connectivity index (χ3n) is 5.53. The number of nitrogens with one attached hydrogen (secondary N) is 1. The summed E-state index contributed by atoms with van der Waals surface area (Å²) in [6.45, 7) is 5.17. The molecule has 0 spiro atoms. The number of anilines is 1. The minimum absolute atomic E-state index is 0.0183. The highest BCUT2D eigenvalue weighted by Crippen LogP contribution is 2.22. The summed E-state index contributed by atoms with van der Waals surface area (Å²) in [5.41, 5.74) is 2.80. The second kappa shape index (κ2) is 8.14. The fourth-order valence-electron chi connectivity index (χ4n) is 3.90. The molecule has 1 unspecified atom stereocenters. The Morgan fingerprint density at radius 3 is 2.82 bits per heavy atom. The lowest BCUT2D eigenvalue weighted by molar-refractivity contribution is -0.116. The molecular weight excluding hydrogens is 352 g/mol. The fraction of sp³-hybridized carbons (Fsp3) is 0.476. The number of hydrogen-bond acceptors (Lipinski definition) is 4. The summed E-state index contributed by atoms with van der Waals surface area (Å²) in [6.07, 6.45) is 7.87. The Balaban J connectivity index is 1.44. The summed E-state index contributed by atoms with van der Waals surface area (Å²) in [5, 5.41) is 7.19. The predicted molar refractivity (Wildman–Crippen MR) is 110 cm³/mol. The molecule has 1 aliphatic heterocycles. The third-order valence-corrected chi connectivity index (χ3v) is 5.53. The van der Waals surface area contributed by atoms with Gasteiger partial charge in [0, 0.05) is 31.5 Å². The van der Waals surface area contributed by atoms with E-state index in [1.807, 2.05) is 37.4 Å². The zero-order valence-electron chi connectivity index (χ0n) is 16.6. The molecule has 1 aromatic carbocycles. The van der Waals surface area contributed by atoms with Gasteiger partial charge in [0.2, 0.25) is 5.91 Å². The molecule has 1 fully saturated rings. The van der Waals surface area contributed by atoms with Crippen LogP contribution < -0.4 is 5.32 Å². The molecule has 0 aliphatic carbocycles. The maximum Gasteiger partial charge on any atom is 0.226 e. The number of aromatic nitrogens is 4. The number of nitrogens with zero attached hydrogens (tertiary/aromatic N) is 5. The van der Waals surface area contributed by atoms with Gasteiger partial charge >= 0.3 is 0 Å². The van der Waals surface area contributed by atoms with Crippen molar-refractivity contribution < 1.29 is 4.79 Å². The molecule has 1 aliphatic rings. The average molecular weight is 380 g/mol. The van der Waals surface area contributed by atoms with Crippen molar-refractivity contribution in [3.05, 3.63) is 42.5 Å². The number of hydrogen-bond donors (Lipinski definition) is 1. The number of carbonyl (C=O) groups is 1. The minimum atomic E-state index is -0.0215. The maximum atomic E-state index is 12.4. The molecule has 7 nitrogen and oxygen atoms in total.